The standard InChI is InChI=1S/C26H25N5O3S/c27-26(28)23-9-2-1-8-22(23)24(34-20-6-5-15-30-16-20)17-31-19-13-11-18(12-14-19)21-7-3-4-10-25(21)35(29,32)33/h1-16,24,31H,17H2,(H3,27,28)(H2,29,32,33). The van der Waals surface area contributed by atoms with E-state index < -0.39 is 16.1 Å². The molecule has 1 unspecified atom stereocenters. The Hall–Kier alpha value is -4.21. The van der Waals surface area contributed by atoms with Crippen LogP contribution in [0.15, 0.2) is 102 Å². The van der Waals surface area contributed by atoms with Crippen LogP contribution in [0.5, 0.6) is 5.75 Å². The average Bonchev–Trinajstić information content (AvgIpc) is 2.87. The van der Waals surface area contributed by atoms with Crippen LogP contribution < -0.4 is 20.9 Å². The molecule has 35 heavy (non-hydrogen) atoms. The number of nitrogens with two attached hydrogens (primary N) is 2. The van der Waals surface area contributed by atoms with Gasteiger partial charge in [0, 0.05) is 28.6 Å². The molecule has 0 saturated heterocycles. The number of benzene rings is 3. The fraction of sp³-hybridized carbons (Fsp3) is 0.0769. The number of ether oxygens (including phenoxy) is 1. The quantitative estimate of drug-likeness (QED) is 0.208. The summed E-state index contributed by atoms with van der Waals surface area (Å²) in [5.74, 6) is 0.547. The van der Waals surface area contributed by atoms with Crippen LogP contribution in [0.1, 0.15) is 17.2 Å². The van der Waals surface area contributed by atoms with E-state index in [2.05, 4.69) is 10.3 Å². The van der Waals surface area contributed by atoms with Crippen molar-refractivity contribution in [3.05, 3.63) is 108 Å². The summed E-state index contributed by atoms with van der Waals surface area (Å²) < 4.78 is 30.1. The zero-order valence-corrected chi connectivity index (χ0v) is 19.6. The lowest BCUT2D eigenvalue weighted by atomic mass is 10.0. The molecule has 0 aliphatic carbocycles. The van der Waals surface area contributed by atoms with Crippen LogP contribution in [0.2, 0.25) is 0 Å². The summed E-state index contributed by atoms with van der Waals surface area (Å²) >= 11 is 0. The maximum Gasteiger partial charge on any atom is 0.238 e. The minimum absolute atomic E-state index is 0.0433. The summed E-state index contributed by atoms with van der Waals surface area (Å²) in [6.45, 7) is 0.381. The summed E-state index contributed by atoms with van der Waals surface area (Å²) in [5, 5.41) is 16.7. The Balaban J connectivity index is 1.58. The Bertz CT molecular complexity index is 1430. The number of nitrogens with zero attached hydrogens (tertiary/aromatic N) is 1. The van der Waals surface area contributed by atoms with Gasteiger partial charge in [-0.25, -0.2) is 13.6 Å². The Labute approximate surface area is 204 Å². The Morgan fingerprint density at radius 2 is 1.69 bits per heavy atom. The van der Waals surface area contributed by atoms with E-state index in [4.69, 9.17) is 21.0 Å². The minimum atomic E-state index is -3.85. The van der Waals surface area contributed by atoms with Gasteiger partial charge in [0.15, 0.2) is 0 Å². The molecular formula is C26H25N5O3S. The van der Waals surface area contributed by atoms with Crippen LogP contribution in [-0.4, -0.2) is 25.8 Å². The second-order valence-corrected chi connectivity index (χ2v) is 9.33. The monoisotopic (exact) mass is 487 g/mol. The highest BCUT2D eigenvalue weighted by Gasteiger charge is 2.19. The number of aromatic nitrogens is 1. The van der Waals surface area contributed by atoms with Crippen LogP contribution >= 0.6 is 0 Å². The lowest BCUT2D eigenvalue weighted by molar-refractivity contribution is 0.218. The first-order valence-electron chi connectivity index (χ1n) is 10.8. The fourth-order valence-corrected chi connectivity index (χ4v) is 4.51. The van der Waals surface area contributed by atoms with Gasteiger partial charge in [-0.15, -0.1) is 0 Å². The van der Waals surface area contributed by atoms with Crippen LogP contribution in [0.4, 0.5) is 5.69 Å². The number of hydrogen-bond acceptors (Lipinski definition) is 6. The van der Waals surface area contributed by atoms with Gasteiger partial charge in [0.2, 0.25) is 10.0 Å². The van der Waals surface area contributed by atoms with E-state index in [1.54, 1.807) is 42.7 Å². The van der Waals surface area contributed by atoms with Gasteiger partial charge >= 0.3 is 0 Å². The van der Waals surface area contributed by atoms with Crippen molar-refractivity contribution in [3.8, 4) is 16.9 Å². The number of primary sulfonamides is 1. The van der Waals surface area contributed by atoms with Crippen molar-refractivity contribution < 1.29 is 13.2 Å². The largest absolute Gasteiger partial charge is 0.482 e. The number of sulfonamides is 1. The molecular weight excluding hydrogens is 462 g/mol. The first-order valence-corrected chi connectivity index (χ1v) is 12.3. The zero-order chi connectivity index (χ0) is 24.8. The van der Waals surface area contributed by atoms with E-state index in [1.807, 2.05) is 48.5 Å². The van der Waals surface area contributed by atoms with Crippen molar-refractivity contribution in [2.24, 2.45) is 10.9 Å². The van der Waals surface area contributed by atoms with E-state index in [9.17, 15) is 8.42 Å². The molecule has 0 aliphatic heterocycles. The highest BCUT2D eigenvalue weighted by Crippen LogP contribution is 2.29. The third-order valence-corrected chi connectivity index (χ3v) is 6.36. The van der Waals surface area contributed by atoms with E-state index in [1.165, 1.54) is 6.07 Å². The number of anilines is 1. The van der Waals surface area contributed by atoms with E-state index in [0.717, 1.165) is 16.8 Å². The Morgan fingerprint density at radius 1 is 0.971 bits per heavy atom. The summed E-state index contributed by atoms with van der Waals surface area (Å²) in [5.41, 5.74) is 9.25. The van der Waals surface area contributed by atoms with Crippen molar-refractivity contribution in [1.82, 2.24) is 4.98 Å². The summed E-state index contributed by atoms with van der Waals surface area (Å²) in [7, 11) is -3.85. The first kappa shape index (κ1) is 23.9. The van der Waals surface area contributed by atoms with Crippen LogP contribution in [0, 0.1) is 5.41 Å². The van der Waals surface area contributed by atoms with Gasteiger partial charge in [0.05, 0.1) is 17.6 Å². The molecule has 6 N–H and O–H groups in total. The van der Waals surface area contributed by atoms with Gasteiger partial charge in [-0.1, -0.05) is 54.6 Å². The third kappa shape index (κ3) is 5.84. The maximum absolute atomic E-state index is 12.0. The predicted octanol–water partition coefficient (Wildman–Crippen LogP) is 3.91. The number of rotatable bonds is 9. The molecule has 0 radical (unpaired) electrons. The lowest BCUT2D eigenvalue weighted by Gasteiger charge is -2.23. The van der Waals surface area contributed by atoms with E-state index >= 15 is 0 Å². The molecule has 4 rings (SSSR count). The van der Waals surface area contributed by atoms with Crippen LogP contribution in [0.25, 0.3) is 11.1 Å². The second-order valence-electron chi connectivity index (χ2n) is 7.80. The number of nitrogens with one attached hydrogen (secondary N) is 2. The molecule has 0 fully saturated rings. The maximum atomic E-state index is 12.0. The van der Waals surface area contributed by atoms with Gasteiger partial charge < -0.3 is 15.8 Å². The smallest absolute Gasteiger partial charge is 0.238 e. The topological polar surface area (TPSA) is 144 Å². The van der Waals surface area contributed by atoms with Crippen molar-refractivity contribution in [1.29, 1.82) is 5.41 Å². The molecule has 8 nitrogen and oxygen atoms in total. The molecule has 0 bridgehead atoms. The number of pyridine rings is 1. The molecule has 178 valence electrons. The first-order chi connectivity index (χ1) is 16.8. The minimum Gasteiger partial charge on any atom is -0.482 e. The Kier molecular flexibility index (Phi) is 7.09. The third-order valence-electron chi connectivity index (χ3n) is 5.39. The molecule has 1 aromatic heterocycles. The molecule has 0 aliphatic rings. The van der Waals surface area contributed by atoms with E-state index in [0.29, 0.717) is 23.4 Å². The molecule has 0 spiro atoms. The van der Waals surface area contributed by atoms with Crippen molar-refractivity contribution in [2.75, 3.05) is 11.9 Å². The normalized spacial score (nSPS) is 12.0. The lowest BCUT2D eigenvalue weighted by Crippen LogP contribution is -2.23. The van der Waals surface area contributed by atoms with Crippen molar-refractivity contribution >= 4 is 21.5 Å². The SMILES string of the molecule is N=C(N)c1ccccc1C(CNc1ccc(-c2ccccc2S(N)(=O)=O)cc1)Oc1cccnc1. The summed E-state index contributed by atoms with van der Waals surface area (Å²) in [6, 6.07) is 24.9. The van der Waals surface area contributed by atoms with E-state index in [-0.39, 0.29) is 10.7 Å². The van der Waals surface area contributed by atoms with Crippen molar-refractivity contribution in [3.63, 3.8) is 0 Å². The molecule has 3 aromatic carbocycles. The van der Waals surface area contributed by atoms with Gasteiger partial charge in [0.1, 0.15) is 17.7 Å². The van der Waals surface area contributed by atoms with Gasteiger partial charge in [0.25, 0.3) is 0 Å². The molecule has 1 heterocycles. The summed E-state index contributed by atoms with van der Waals surface area (Å²) in [6.07, 6.45) is 2.84. The van der Waals surface area contributed by atoms with Gasteiger partial charge in [-0.2, -0.15) is 0 Å². The average molecular weight is 488 g/mol. The summed E-state index contributed by atoms with van der Waals surface area (Å²) in [4.78, 5) is 4.18. The second kappa shape index (κ2) is 10.4. The fourth-order valence-electron chi connectivity index (χ4n) is 3.75. The highest BCUT2D eigenvalue weighted by atomic mass is 32.2. The van der Waals surface area contributed by atoms with Gasteiger partial charge in [-0.05, 0) is 35.9 Å². The predicted molar refractivity (Wildman–Crippen MR) is 137 cm³/mol. The van der Waals surface area contributed by atoms with Crippen LogP contribution in [-0.2, 0) is 10.0 Å². The zero-order valence-electron chi connectivity index (χ0n) is 18.8. The number of amidine groups is 1. The molecule has 0 saturated carbocycles. The highest BCUT2D eigenvalue weighted by molar-refractivity contribution is 7.89. The molecule has 1 atom stereocenters. The number of nitrogen functional groups attached to an aromatic ring is 1. The molecule has 9 heteroatoms. The molecule has 0 amide bonds. The van der Waals surface area contributed by atoms with Gasteiger partial charge in [-0.3, -0.25) is 10.4 Å². The van der Waals surface area contributed by atoms with Crippen LogP contribution in [0.3, 0.4) is 0 Å². The Morgan fingerprint density at radius 3 is 2.37 bits per heavy atom. The number of hydrogen-bond donors (Lipinski definition) is 4. The van der Waals surface area contributed by atoms with Crippen molar-refractivity contribution in [2.45, 2.75) is 11.0 Å². The molecule has 4 aromatic rings.